The number of ether oxygens (including phenoxy) is 1. The molecule has 172 valence electrons. The number of carbonyl (C=O) groups is 1. The molecule has 2 aromatic rings. The predicted molar refractivity (Wildman–Crippen MR) is 134 cm³/mol. The maximum Gasteiger partial charge on any atom is 0.352 e. The quantitative estimate of drug-likeness (QED) is 0.201. The van der Waals surface area contributed by atoms with Gasteiger partial charge in [-0.15, -0.1) is 11.8 Å². The van der Waals surface area contributed by atoms with Crippen molar-refractivity contribution in [3.63, 3.8) is 0 Å². The van der Waals surface area contributed by atoms with Crippen molar-refractivity contribution in [3.05, 3.63) is 64.2 Å². The van der Waals surface area contributed by atoms with Crippen LogP contribution in [0.4, 0.5) is 10.5 Å². The number of hydrogen-bond acceptors (Lipinski definition) is 7. The Bertz CT molecular complexity index is 1050. The molecule has 0 heterocycles. The first-order valence-corrected chi connectivity index (χ1v) is 11.2. The highest BCUT2D eigenvalue weighted by Crippen LogP contribution is 2.28. The summed E-state index contributed by atoms with van der Waals surface area (Å²) in [6.07, 6.45) is 1.97. The first-order valence-electron chi connectivity index (χ1n) is 9.99. The number of aryl methyl sites for hydroxylation is 2. The van der Waals surface area contributed by atoms with Gasteiger partial charge in [0.2, 0.25) is 0 Å². The molecule has 0 radical (unpaired) electrons. The molecule has 2 rings (SSSR count). The number of nitrogens with two attached hydrogens (primary N) is 3. The van der Waals surface area contributed by atoms with E-state index in [-0.39, 0.29) is 6.61 Å². The first kappa shape index (κ1) is 25.3. The molecular weight excluding hydrogens is 424 g/mol. The monoisotopic (exact) mass is 456 g/mol. The van der Waals surface area contributed by atoms with Crippen LogP contribution < -0.4 is 27.2 Å². The average molecular weight is 457 g/mol. The van der Waals surface area contributed by atoms with Gasteiger partial charge in [0, 0.05) is 30.9 Å². The zero-order valence-corrected chi connectivity index (χ0v) is 20.3. The molecule has 0 fully saturated rings. The lowest BCUT2D eigenvalue weighted by Crippen LogP contribution is -2.49. The van der Waals surface area contributed by atoms with Crippen LogP contribution in [-0.4, -0.2) is 36.4 Å². The van der Waals surface area contributed by atoms with Crippen molar-refractivity contribution in [1.82, 2.24) is 5.01 Å². The van der Waals surface area contributed by atoms with Gasteiger partial charge in [0.05, 0.1) is 10.7 Å². The van der Waals surface area contributed by atoms with Crippen molar-refractivity contribution in [3.8, 4) is 5.75 Å². The molecule has 0 bridgehead atoms. The molecule has 0 aromatic heterocycles. The van der Waals surface area contributed by atoms with E-state index < -0.39 is 6.03 Å². The van der Waals surface area contributed by atoms with Gasteiger partial charge in [0.1, 0.15) is 12.4 Å². The third-order valence-electron chi connectivity index (χ3n) is 5.13. The SMILES string of the molecule is CN=C(SC)C(C)=C(N)c1ccc(OCc2c(C)cccc2N(N)C(=O)N(C)N)c(C)c1. The molecule has 0 saturated heterocycles. The third-order valence-corrected chi connectivity index (χ3v) is 6.01. The number of rotatable bonds is 6. The Morgan fingerprint density at radius 2 is 1.84 bits per heavy atom. The van der Waals surface area contributed by atoms with Crippen molar-refractivity contribution in [1.29, 1.82) is 0 Å². The zero-order chi connectivity index (χ0) is 24.0. The molecule has 8 nitrogen and oxygen atoms in total. The highest BCUT2D eigenvalue weighted by Gasteiger charge is 2.19. The van der Waals surface area contributed by atoms with Crippen molar-refractivity contribution in [2.24, 2.45) is 22.4 Å². The van der Waals surface area contributed by atoms with Gasteiger partial charge >= 0.3 is 6.03 Å². The Kier molecular flexibility index (Phi) is 8.71. The van der Waals surface area contributed by atoms with Crippen molar-refractivity contribution in [2.45, 2.75) is 27.4 Å². The van der Waals surface area contributed by atoms with E-state index in [0.717, 1.165) is 42.9 Å². The van der Waals surface area contributed by atoms with Gasteiger partial charge < -0.3 is 10.5 Å². The largest absolute Gasteiger partial charge is 0.489 e. The van der Waals surface area contributed by atoms with Gasteiger partial charge in [0.25, 0.3) is 0 Å². The van der Waals surface area contributed by atoms with E-state index in [1.807, 2.05) is 57.4 Å². The number of benzene rings is 2. The summed E-state index contributed by atoms with van der Waals surface area (Å²) < 4.78 is 6.10. The molecule has 0 atom stereocenters. The highest BCUT2D eigenvalue weighted by atomic mass is 32.2. The molecule has 6 N–H and O–H groups in total. The van der Waals surface area contributed by atoms with E-state index in [0.29, 0.717) is 17.1 Å². The van der Waals surface area contributed by atoms with E-state index in [4.69, 9.17) is 22.2 Å². The smallest absolute Gasteiger partial charge is 0.352 e. The number of anilines is 1. The summed E-state index contributed by atoms with van der Waals surface area (Å²) in [5.74, 6) is 12.3. The summed E-state index contributed by atoms with van der Waals surface area (Å²) in [4.78, 5) is 16.5. The van der Waals surface area contributed by atoms with Crippen LogP contribution >= 0.6 is 11.8 Å². The van der Waals surface area contributed by atoms with Crippen LogP contribution in [0.5, 0.6) is 5.75 Å². The minimum absolute atomic E-state index is 0.237. The van der Waals surface area contributed by atoms with Crippen LogP contribution in [-0.2, 0) is 6.61 Å². The van der Waals surface area contributed by atoms with E-state index in [1.54, 1.807) is 24.9 Å². The van der Waals surface area contributed by atoms with E-state index in [2.05, 4.69) is 4.99 Å². The van der Waals surface area contributed by atoms with Gasteiger partial charge in [-0.1, -0.05) is 12.1 Å². The maximum absolute atomic E-state index is 12.2. The van der Waals surface area contributed by atoms with Crippen molar-refractivity contribution < 1.29 is 9.53 Å². The number of thioether (sulfide) groups is 1. The summed E-state index contributed by atoms with van der Waals surface area (Å²) in [7, 11) is 3.20. The molecule has 0 spiro atoms. The Balaban J connectivity index is 2.30. The number of hydrazine groups is 2. The standard InChI is InChI=1S/C23H32N6O2S/c1-14-8-7-9-19(29(26)23(30)28(5)25)18(14)13-31-20-11-10-17(12-15(20)2)21(24)16(3)22(27-4)32-6/h7-12H,13,24-26H2,1-6H3. The van der Waals surface area contributed by atoms with Gasteiger partial charge in [-0.05, 0) is 68.0 Å². The molecule has 0 unspecified atom stereocenters. The molecule has 2 amide bonds. The van der Waals surface area contributed by atoms with Crippen LogP contribution in [0.25, 0.3) is 5.70 Å². The second-order valence-corrected chi connectivity index (χ2v) is 8.17. The summed E-state index contributed by atoms with van der Waals surface area (Å²) in [6, 6.07) is 10.8. The van der Waals surface area contributed by atoms with Crippen LogP contribution in [0.1, 0.15) is 29.2 Å². The van der Waals surface area contributed by atoms with Gasteiger partial charge in [-0.2, -0.15) is 0 Å². The summed E-state index contributed by atoms with van der Waals surface area (Å²) in [6.45, 7) is 6.11. The molecule has 0 aliphatic heterocycles. The number of aliphatic imine (C=N–C) groups is 1. The fourth-order valence-electron chi connectivity index (χ4n) is 3.25. The van der Waals surface area contributed by atoms with Crippen LogP contribution in [0, 0.1) is 13.8 Å². The van der Waals surface area contributed by atoms with Crippen LogP contribution in [0.15, 0.2) is 47.0 Å². The average Bonchev–Trinajstić information content (AvgIpc) is 2.77. The number of hydrogen-bond donors (Lipinski definition) is 3. The van der Waals surface area contributed by atoms with Gasteiger partial charge in [0.15, 0.2) is 0 Å². The Hall–Kier alpha value is -3.01. The maximum atomic E-state index is 12.2. The Labute approximate surface area is 194 Å². The molecular formula is C23H32N6O2S. The summed E-state index contributed by atoms with van der Waals surface area (Å²) in [5.41, 5.74) is 12.1. The molecule has 2 aromatic carbocycles. The Morgan fingerprint density at radius 1 is 1.16 bits per heavy atom. The molecule has 32 heavy (non-hydrogen) atoms. The van der Waals surface area contributed by atoms with Crippen LogP contribution in [0.3, 0.4) is 0 Å². The zero-order valence-electron chi connectivity index (χ0n) is 19.5. The lowest BCUT2D eigenvalue weighted by Gasteiger charge is -2.24. The van der Waals surface area contributed by atoms with Gasteiger partial charge in [-0.25, -0.2) is 21.5 Å². The topological polar surface area (TPSA) is 123 Å². The fourth-order valence-corrected chi connectivity index (χ4v) is 3.84. The molecule has 0 aliphatic carbocycles. The highest BCUT2D eigenvalue weighted by molar-refractivity contribution is 8.13. The number of urea groups is 1. The van der Waals surface area contributed by atoms with E-state index in [1.165, 1.54) is 7.05 Å². The first-order chi connectivity index (χ1) is 15.1. The minimum atomic E-state index is -0.532. The fraction of sp³-hybridized carbons (Fsp3) is 0.304. The lowest BCUT2D eigenvalue weighted by molar-refractivity contribution is 0.216. The van der Waals surface area contributed by atoms with Crippen molar-refractivity contribution >= 4 is 34.2 Å². The molecule has 0 saturated carbocycles. The van der Waals surface area contributed by atoms with E-state index in [9.17, 15) is 4.79 Å². The number of nitrogens with zero attached hydrogens (tertiary/aromatic N) is 3. The third kappa shape index (κ3) is 5.61. The second kappa shape index (κ2) is 11.0. The normalized spacial score (nSPS) is 12.3. The molecule has 9 heteroatoms. The predicted octanol–water partition coefficient (Wildman–Crippen LogP) is 3.57. The number of amides is 2. The molecule has 0 aliphatic rings. The Morgan fingerprint density at radius 3 is 2.41 bits per heavy atom. The lowest BCUT2D eigenvalue weighted by atomic mass is 10.0. The van der Waals surface area contributed by atoms with E-state index >= 15 is 0 Å². The minimum Gasteiger partial charge on any atom is -0.489 e. The summed E-state index contributed by atoms with van der Waals surface area (Å²) in [5, 5.41) is 2.85. The number of carbonyl (C=O) groups excluding carboxylic acids is 1. The van der Waals surface area contributed by atoms with Crippen molar-refractivity contribution in [2.75, 3.05) is 25.4 Å². The van der Waals surface area contributed by atoms with Crippen LogP contribution in [0.2, 0.25) is 0 Å². The van der Waals surface area contributed by atoms with Gasteiger partial charge in [-0.3, -0.25) is 10.0 Å². The summed E-state index contributed by atoms with van der Waals surface area (Å²) >= 11 is 1.56. The second-order valence-electron chi connectivity index (χ2n) is 7.38.